The highest BCUT2D eigenvalue weighted by Gasteiger charge is 2.55. The Bertz CT molecular complexity index is 570. The average Bonchev–Trinajstić information content (AvgIpc) is 2.86. The Morgan fingerprint density at radius 3 is 2.21 bits per heavy atom. The number of nitrogens with zero attached hydrogens (tertiary/aromatic N) is 1. The van der Waals surface area contributed by atoms with Gasteiger partial charge in [-0.2, -0.15) is 0 Å². The molecule has 0 unspecified atom stereocenters. The van der Waals surface area contributed by atoms with Crippen LogP contribution in [0.2, 0.25) is 18.1 Å². The highest BCUT2D eigenvalue weighted by molar-refractivity contribution is 6.74. The third-order valence-corrected chi connectivity index (χ3v) is 10.2. The molecule has 0 bridgehead atoms. The van der Waals surface area contributed by atoms with E-state index >= 15 is 0 Å². The van der Waals surface area contributed by atoms with Crippen molar-refractivity contribution in [2.45, 2.75) is 96.2 Å². The van der Waals surface area contributed by atoms with E-state index in [1.54, 1.807) is 20.8 Å². The molecular formula is C20H38FNO5Si. The second kappa shape index (κ2) is 8.69. The first-order valence-electron chi connectivity index (χ1n) is 9.93. The van der Waals surface area contributed by atoms with Gasteiger partial charge in [0.15, 0.2) is 8.32 Å². The number of rotatable bonds is 6. The number of likely N-dealkylation sites (tertiary alicyclic amines) is 1. The Hall–Kier alpha value is -1.15. The van der Waals surface area contributed by atoms with Crippen molar-refractivity contribution in [1.29, 1.82) is 0 Å². The molecule has 1 rings (SSSR count). The standard InChI is InChI=1S/C20H38FNO5Si/c1-18(2,3)27-17(24)22-14-15(21)13-20(22,16(23)25-7)11-10-12-26-28(8,9)19(4,5)6/h15H,10-14H2,1-9H3/t15-,20-/m0/s1. The third-order valence-electron chi connectivity index (χ3n) is 5.64. The van der Waals surface area contributed by atoms with Gasteiger partial charge in [-0.05, 0) is 51.7 Å². The van der Waals surface area contributed by atoms with Gasteiger partial charge >= 0.3 is 12.1 Å². The normalized spacial score (nSPS) is 23.6. The molecule has 0 aromatic carbocycles. The van der Waals surface area contributed by atoms with Crippen molar-refractivity contribution in [3.63, 3.8) is 0 Å². The molecule has 28 heavy (non-hydrogen) atoms. The highest BCUT2D eigenvalue weighted by atomic mass is 28.4. The number of ether oxygens (including phenoxy) is 2. The molecule has 0 aromatic rings. The highest BCUT2D eigenvalue weighted by Crippen LogP contribution is 2.39. The maximum absolute atomic E-state index is 14.3. The van der Waals surface area contributed by atoms with Crippen LogP contribution in [0.4, 0.5) is 9.18 Å². The van der Waals surface area contributed by atoms with Gasteiger partial charge in [-0.15, -0.1) is 0 Å². The van der Waals surface area contributed by atoms with Crippen LogP contribution in [-0.4, -0.2) is 62.9 Å². The van der Waals surface area contributed by atoms with E-state index < -0.39 is 37.7 Å². The zero-order chi connectivity index (χ0) is 22.0. The molecule has 1 saturated heterocycles. The quantitative estimate of drug-likeness (QED) is 0.355. The van der Waals surface area contributed by atoms with Crippen molar-refractivity contribution in [2.75, 3.05) is 20.3 Å². The number of esters is 1. The largest absolute Gasteiger partial charge is 0.467 e. The van der Waals surface area contributed by atoms with Gasteiger partial charge in [0.25, 0.3) is 0 Å². The van der Waals surface area contributed by atoms with Crippen molar-refractivity contribution < 1.29 is 27.9 Å². The number of hydrogen-bond donors (Lipinski definition) is 0. The lowest BCUT2D eigenvalue weighted by atomic mass is 9.90. The summed E-state index contributed by atoms with van der Waals surface area (Å²) in [7, 11) is -0.662. The topological polar surface area (TPSA) is 65.1 Å². The fourth-order valence-electron chi connectivity index (χ4n) is 3.11. The van der Waals surface area contributed by atoms with Crippen LogP contribution < -0.4 is 0 Å². The zero-order valence-corrected chi connectivity index (χ0v) is 20.0. The fourth-order valence-corrected chi connectivity index (χ4v) is 4.20. The number of hydrogen-bond acceptors (Lipinski definition) is 5. The summed E-state index contributed by atoms with van der Waals surface area (Å²) in [6, 6.07) is 0. The van der Waals surface area contributed by atoms with Gasteiger partial charge in [-0.3, -0.25) is 4.90 Å². The van der Waals surface area contributed by atoms with Gasteiger partial charge in [0.1, 0.15) is 17.3 Å². The summed E-state index contributed by atoms with van der Waals surface area (Å²) < 4.78 is 30.9. The van der Waals surface area contributed by atoms with Gasteiger partial charge in [-0.1, -0.05) is 20.8 Å². The van der Waals surface area contributed by atoms with Gasteiger partial charge in [0.05, 0.1) is 13.7 Å². The summed E-state index contributed by atoms with van der Waals surface area (Å²) in [5, 5.41) is 0.0764. The van der Waals surface area contributed by atoms with Crippen molar-refractivity contribution in [1.82, 2.24) is 4.90 Å². The molecule has 2 atom stereocenters. The molecule has 0 spiro atoms. The van der Waals surface area contributed by atoms with Crippen LogP contribution in [-0.2, 0) is 18.7 Å². The predicted molar refractivity (Wildman–Crippen MR) is 110 cm³/mol. The fraction of sp³-hybridized carbons (Fsp3) is 0.900. The number of halogens is 1. The molecule has 6 nitrogen and oxygen atoms in total. The summed E-state index contributed by atoms with van der Waals surface area (Å²) in [5.41, 5.74) is -2.09. The van der Waals surface area contributed by atoms with E-state index in [2.05, 4.69) is 33.9 Å². The monoisotopic (exact) mass is 419 g/mol. The Morgan fingerprint density at radius 2 is 1.75 bits per heavy atom. The summed E-state index contributed by atoms with van der Waals surface area (Å²) in [4.78, 5) is 26.5. The van der Waals surface area contributed by atoms with Gasteiger partial charge in [0.2, 0.25) is 0 Å². The molecular weight excluding hydrogens is 381 g/mol. The second-order valence-corrected chi connectivity index (χ2v) is 14.9. The van der Waals surface area contributed by atoms with Crippen LogP contribution in [0.3, 0.4) is 0 Å². The smallest absolute Gasteiger partial charge is 0.411 e. The van der Waals surface area contributed by atoms with Gasteiger partial charge < -0.3 is 13.9 Å². The van der Waals surface area contributed by atoms with Crippen LogP contribution in [0.1, 0.15) is 60.8 Å². The Kier molecular flexibility index (Phi) is 7.72. The van der Waals surface area contributed by atoms with E-state index in [1.807, 2.05) is 0 Å². The van der Waals surface area contributed by atoms with E-state index in [4.69, 9.17) is 13.9 Å². The Balaban J connectivity index is 2.95. The van der Waals surface area contributed by atoms with Crippen molar-refractivity contribution in [2.24, 2.45) is 0 Å². The minimum absolute atomic E-state index is 0.0764. The SMILES string of the molecule is COC(=O)[C@]1(CCCO[Si](C)(C)C(C)(C)C)C[C@H](F)CN1C(=O)OC(C)(C)C. The molecule has 1 aliphatic heterocycles. The second-order valence-electron chi connectivity index (χ2n) is 10.1. The summed E-state index contributed by atoms with van der Waals surface area (Å²) in [5.74, 6) is -0.606. The molecule has 1 fully saturated rings. The number of amides is 1. The first kappa shape index (κ1) is 24.9. The molecule has 0 aliphatic carbocycles. The van der Waals surface area contributed by atoms with E-state index in [1.165, 1.54) is 12.0 Å². The number of alkyl halides is 1. The minimum Gasteiger partial charge on any atom is -0.467 e. The van der Waals surface area contributed by atoms with Crippen molar-refractivity contribution >= 4 is 20.4 Å². The number of methoxy groups -OCH3 is 1. The Morgan fingerprint density at radius 1 is 1.18 bits per heavy atom. The molecule has 1 aliphatic rings. The lowest BCUT2D eigenvalue weighted by Gasteiger charge is -2.38. The molecule has 0 aromatic heterocycles. The lowest BCUT2D eigenvalue weighted by Crippen LogP contribution is -2.55. The van der Waals surface area contributed by atoms with E-state index in [0.717, 1.165) is 0 Å². The molecule has 0 saturated carbocycles. The van der Waals surface area contributed by atoms with Crippen LogP contribution >= 0.6 is 0 Å². The van der Waals surface area contributed by atoms with Crippen molar-refractivity contribution in [3.05, 3.63) is 0 Å². The molecule has 164 valence electrons. The maximum Gasteiger partial charge on any atom is 0.411 e. The zero-order valence-electron chi connectivity index (χ0n) is 19.0. The number of carbonyl (C=O) groups is 2. The van der Waals surface area contributed by atoms with Crippen LogP contribution in [0.15, 0.2) is 0 Å². The Labute approximate surface area is 170 Å². The van der Waals surface area contributed by atoms with E-state index in [-0.39, 0.29) is 24.4 Å². The molecule has 1 heterocycles. The van der Waals surface area contributed by atoms with Gasteiger partial charge in [-0.25, -0.2) is 14.0 Å². The molecule has 1 amide bonds. The van der Waals surface area contributed by atoms with Crippen molar-refractivity contribution in [3.8, 4) is 0 Å². The first-order valence-corrected chi connectivity index (χ1v) is 12.8. The van der Waals surface area contributed by atoms with Crippen LogP contribution in [0, 0.1) is 0 Å². The molecule has 0 radical (unpaired) electrons. The third kappa shape index (κ3) is 5.92. The van der Waals surface area contributed by atoms with Crippen LogP contribution in [0.5, 0.6) is 0 Å². The first-order chi connectivity index (χ1) is 12.6. The predicted octanol–water partition coefficient (Wildman–Crippen LogP) is 4.68. The summed E-state index contributed by atoms with van der Waals surface area (Å²) >= 11 is 0. The van der Waals surface area contributed by atoms with Gasteiger partial charge in [0, 0.05) is 13.0 Å². The van der Waals surface area contributed by atoms with E-state index in [0.29, 0.717) is 13.0 Å². The molecule has 8 heteroatoms. The average molecular weight is 420 g/mol. The number of carbonyl (C=O) groups excluding carboxylic acids is 2. The minimum atomic E-state index is -1.92. The van der Waals surface area contributed by atoms with Crippen LogP contribution in [0.25, 0.3) is 0 Å². The summed E-state index contributed by atoms with van der Waals surface area (Å²) in [6.07, 6.45) is -1.28. The lowest BCUT2D eigenvalue weighted by molar-refractivity contribution is -0.154. The van der Waals surface area contributed by atoms with E-state index in [9.17, 15) is 14.0 Å². The maximum atomic E-state index is 14.3. The molecule has 0 N–H and O–H groups in total. The summed E-state index contributed by atoms with van der Waals surface area (Å²) in [6.45, 7) is 16.3.